The van der Waals surface area contributed by atoms with Crippen molar-refractivity contribution in [2.45, 2.75) is 25.8 Å². The summed E-state index contributed by atoms with van der Waals surface area (Å²) < 4.78 is 7.59. The van der Waals surface area contributed by atoms with Crippen LogP contribution in [0.25, 0.3) is 11.1 Å². The number of hydrogen-bond donors (Lipinski definition) is 2. The highest BCUT2D eigenvalue weighted by atomic mass is 16.3. The first-order valence-electron chi connectivity index (χ1n) is 7.79. The van der Waals surface area contributed by atoms with Gasteiger partial charge in [0.25, 0.3) is 5.91 Å². The number of quaternary nitrogens is 1. The molecule has 1 amide bonds. The number of carbonyl (C=O) groups excluding carboxylic acids is 1. The van der Waals surface area contributed by atoms with E-state index in [0.717, 1.165) is 29.9 Å². The number of carbonyl (C=O) groups is 1. The van der Waals surface area contributed by atoms with Crippen LogP contribution in [0.3, 0.4) is 0 Å². The van der Waals surface area contributed by atoms with Gasteiger partial charge in [-0.25, -0.2) is 0 Å². The Hall–Kier alpha value is -1.75. The molecule has 2 N–H and O–H groups in total. The molecule has 114 valence electrons. The SMILES string of the molecule is C[NH+](C)CCNC(=O)c1cc2occc2n1CC1CCC1. The van der Waals surface area contributed by atoms with Gasteiger partial charge in [-0.1, -0.05) is 6.42 Å². The van der Waals surface area contributed by atoms with Crippen molar-refractivity contribution in [2.75, 3.05) is 27.2 Å². The molecule has 3 rings (SSSR count). The number of likely N-dealkylation sites (N-methyl/N-ethyl adjacent to an activating group) is 1. The summed E-state index contributed by atoms with van der Waals surface area (Å²) in [7, 11) is 4.16. The second-order valence-corrected chi connectivity index (χ2v) is 6.32. The van der Waals surface area contributed by atoms with Crippen molar-refractivity contribution in [3.8, 4) is 0 Å². The van der Waals surface area contributed by atoms with Gasteiger partial charge in [0.1, 0.15) is 5.69 Å². The van der Waals surface area contributed by atoms with Crippen molar-refractivity contribution in [3.63, 3.8) is 0 Å². The maximum Gasteiger partial charge on any atom is 0.268 e. The number of amides is 1. The van der Waals surface area contributed by atoms with Gasteiger partial charge in [-0.2, -0.15) is 0 Å². The highest BCUT2D eigenvalue weighted by Crippen LogP contribution is 2.31. The summed E-state index contributed by atoms with van der Waals surface area (Å²) in [4.78, 5) is 13.7. The fraction of sp³-hybridized carbons (Fsp3) is 0.562. The van der Waals surface area contributed by atoms with Crippen LogP contribution in [0.2, 0.25) is 0 Å². The molecule has 0 spiro atoms. The lowest BCUT2D eigenvalue weighted by atomic mass is 9.85. The van der Waals surface area contributed by atoms with E-state index >= 15 is 0 Å². The molecule has 0 radical (unpaired) electrons. The van der Waals surface area contributed by atoms with Crippen LogP contribution in [-0.2, 0) is 6.54 Å². The van der Waals surface area contributed by atoms with Crippen LogP contribution < -0.4 is 10.2 Å². The Kier molecular flexibility index (Phi) is 4.01. The van der Waals surface area contributed by atoms with Gasteiger partial charge in [0.05, 0.1) is 39.0 Å². The first kappa shape index (κ1) is 14.2. The van der Waals surface area contributed by atoms with E-state index in [1.165, 1.54) is 24.2 Å². The minimum atomic E-state index is 0.00183. The summed E-state index contributed by atoms with van der Waals surface area (Å²) in [5.41, 5.74) is 2.56. The topological polar surface area (TPSA) is 51.6 Å². The Morgan fingerprint density at radius 2 is 2.29 bits per heavy atom. The third-order valence-corrected chi connectivity index (χ3v) is 4.33. The van der Waals surface area contributed by atoms with Crippen LogP contribution in [-0.4, -0.2) is 37.7 Å². The molecule has 1 fully saturated rings. The van der Waals surface area contributed by atoms with Crippen LogP contribution >= 0.6 is 0 Å². The lowest BCUT2D eigenvalue weighted by Gasteiger charge is -2.26. The number of hydrogen-bond acceptors (Lipinski definition) is 2. The van der Waals surface area contributed by atoms with E-state index in [-0.39, 0.29) is 5.91 Å². The average Bonchev–Trinajstić information content (AvgIpc) is 2.94. The van der Waals surface area contributed by atoms with E-state index in [1.807, 2.05) is 12.1 Å². The first-order valence-corrected chi connectivity index (χ1v) is 7.79. The molecule has 0 aromatic carbocycles. The Balaban J connectivity index is 1.77. The van der Waals surface area contributed by atoms with E-state index in [1.54, 1.807) is 6.26 Å². The van der Waals surface area contributed by atoms with Gasteiger partial charge in [-0.15, -0.1) is 0 Å². The van der Waals surface area contributed by atoms with Crippen LogP contribution in [0.15, 0.2) is 22.8 Å². The number of aromatic nitrogens is 1. The molecule has 0 atom stereocenters. The monoisotopic (exact) mass is 290 g/mol. The molecule has 1 aliphatic carbocycles. The third-order valence-electron chi connectivity index (χ3n) is 4.33. The fourth-order valence-electron chi connectivity index (χ4n) is 2.81. The highest BCUT2D eigenvalue weighted by molar-refractivity contribution is 5.97. The van der Waals surface area contributed by atoms with Crippen molar-refractivity contribution in [1.82, 2.24) is 9.88 Å². The van der Waals surface area contributed by atoms with Gasteiger partial charge in [0.2, 0.25) is 0 Å². The summed E-state index contributed by atoms with van der Waals surface area (Å²) in [5.74, 6) is 0.704. The maximum atomic E-state index is 12.4. The molecule has 0 aliphatic heterocycles. The summed E-state index contributed by atoms with van der Waals surface area (Å²) in [6, 6.07) is 3.82. The fourth-order valence-corrected chi connectivity index (χ4v) is 2.81. The van der Waals surface area contributed by atoms with Gasteiger partial charge in [0, 0.05) is 18.7 Å². The highest BCUT2D eigenvalue weighted by Gasteiger charge is 2.23. The second-order valence-electron chi connectivity index (χ2n) is 6.32. The van der Waals surface area contributed by atoms with Crippen molar-refractivity contribution in [1.29, 1.82) is 0 Å². The predicted octanol–water partition coefficient (Wildman–Crippen LogP) is 0.909. The Morgan fingerprint density at radius 1 is 1.48 bits per heavy atom. The third kappa shape index (κ3) is 2.97. The molecule has 2 aromatic rings. The normalized spacial score (nSPS) is 15.6. The van der Waals surface area contributed by atoms with E-state index < -0.39 is 0 Å². The van der Waals surface area contributed by atoms with Gasteiger partial charge in [-0.3, -0.25) is 4.79 Å². The number of rotatable bonds is 6. The molecule has 1 saturated carbocycles. The molecule has 5 heteroatoms. The van der Waals surface area contributed by atoms with E-state index in [0.29, 0.717) is 12.5 Å². The molecule has 0 saturated heterocycles. The lowest BCUT2D eigenvalue weighted by Crippen LogP contribution is -3.06. The zero-order chi connectivity index (χ0) is 14.8. The predicted molar refractivity (Wildman–Crippen MR) is 81.6 cm³/mol. The first-order chi connectivity index (χ1) is 10.1. The zero-order valence-corrected chi connectivity index (χ0v) is 12.8. The number of nitrogens with zero attached hydrogens (tertiary/aromatic N) is 1. The molecule has 0 unspecified atom stereocenters. The van der Waals surface area contributed by atoms with Gasteiger partial charge < -0.3 is 19.2 Å². The molecule has 2 aromatic heterocycles. The maximum absolute atomic E-state index is 12.4. The Labute approximate surface area is 124 Å². The molecule has 2 heterocycles. The van der Waals surface area contributed by atoms with Crippen molar-refractivity contribution in [3.05, 3.63) is 24.1 Å². The summed E-state index contributed by atoms with van der Waals surface area (Å²) in [5, 5.41) is 3.01. The van der Waals surface area contributed by atoms with Crippen LogP contribution in [0.1, 0.15) is 29.8 Å². The van der Waals surface area contributed by atoms with Crippen molar-refractivity contribution in [2.24, 2.45) is 5.92 Å². The van der Waals surface area contributed by atoms with Gasteiger partial charge in [0.15, 0.2) is 5.58 Å². The molecule has 0 bridgehead atoms. The standard InChI is InChI=1S/C16H23N3O2/c1-18(2)8-7-17-16(20)14-10-15-13(6-9-21-15)19(14)11-12-4-3-5-12/h6,9-10,12H,3-5,7-8,11H2,1-2H3,(H,17,20)/p+1. The van der Waals surface area contributed by atoms with Crippen LogP contribution in [0, 0.1) is 5.92 Å². The quantitative estimate of drug-likeness (QED) is 0.831. The summed E-state index contributed by atoms with van der Waals surface area (Å²) in [6.07, 6.45) is 5.54. The van der Waals surface area contributed by atoms with Crippen molar-refractivity contribution >= 4 is 17.0 Å². The summed E-state index contributed by atoms with van der Waals surface area (Å²) >= 11 is 0. The largest absolute Gasteiger partial charge is 0.463 e. The minimum absolute atomic E-state index is 0.00183. The van der Waals surface area contributed by atoms with Gasteiger partial charge in [-0.05, 0) is 18.8 Å². The Bertz CT molecular complexity index is 623. The molecular weight excluding hydrogens is 266 g/mol. The van der Waals surface area contributed by atoms with E-state index in [2.05, 4.69) is 24.0 Å². The van der Waals surface area contributed by atoms with E-state index in [9.17, 15) is 4.79 Å². The molecule has 21 heavy (non-hydrogen) atoms. The summed E-state index contributed by atoms with van der Waals surface area (Å²) in [6.45, 7) is 2.53. The number of furan rings is 1. The number of fused-ring (bicyclic) bond motifs is 1. The molecule has 5 nitrogen and oxygen atoms in total. The second kappa shape index (κ2) is 5.93. The lowest BCUT2D eigenvalue weighted by molar-refractivity contribution is -0.856. The molecule has 1 aliphatic rings. The Morgan fingerprint density at radius 3 is 2.95 bits per heavy atom. The smallest absolute Gasteiger partial charge is 0.268 e. The molecular formula is C16H24N3O2+. The number of nitrogens with one attached hydrogen (secondary N) is 2. The minimum Gasteiger partial charge on any atom is -0.463 e. The van der Waals surface area contributed by atoms with Crippen LogP contribution in [0.5, 0.6) is 0 Å². The van der Waals surface area contributed by atoms with Gasteiger partial charge >= 0.3 is 0 Å². The zero-order valence-electron chi connectivity index (χ0n) is 12.8. The average molecular weight is 290 g/mol. The van der Waals surface area contributed by atoms with Crippen LogP contribution in [0.4, 0.5) is 0 Å². The van der Waals surface area contributed by atoms with E-state index in [4.69, 9.17) is 4.42 Å². The van der Waals surface area contributed by atoms with Crippen molar-refractivity contribution < 1.29 is 14.1 Å².